The molecule has 0 saturated carbocycles. The molecular formula is C17H22N2O2. The second kappa shape index (κ2) is 5.43. The van der Waals surface area contributed by atoms with Gasteiger partial charge < -0.3 is 15.0 Å². The van der Waals surface area contributed by atoms with Crippen molar-refractivity contribution in [1.29, 1.82) is 0 Å². The van der Waals surface area contributed by atoms with Crippen molar-refractivity contribution in [3.8, 4) is 0 Å². The van der Waals surface area contributed by atoms with Gasteiger partial charge >= 0.3 is 0 Å². The molecule has 2 heterocycles. The quantitative estimate of drug-likeness (QED) is 0.792. The van der Waals surface area contributed by atoms with E-state index in [1.165, 1.54) is 22.4 Å². The third-order valence-electron chi connectivity index (χ3n) is 4.48. The van der Waals surface area contributed by atoms with Crippen molar-refractivity contribution in [2.45, 2.75) is 32.7 Å². The van der Waals surface area contributed by atoms with Crippen LogP contribution < -0.4 is 5.32 Å². The topological polar surface area (TPSA) is 41.6 Å². The van der Waals surface area contributed by atoms with E-state index >= 15 is 0 Å². The van der Waals surface area contributed by atoms with Gasteiger partial charge in [-0.1, -0.05) is 13.0 Å². The minimum Gasteiger partial charge on any atom is -0.504 e. The number of carbonyl (C=O) groups is 1. The smallest absolute Gasteiger partial charge is 0.219 e. The van der Waals surface area contributed by atoms with Gasteiger partial charge in [-0.3, -0.25) is 4.79 Å². The van der Waals surface area contributed by atoms with Crippen LogP contribution in [0.4, 0.5) is 0 Å². The van der Waals surface area contributed by atoms with Crippen molar-refractivity contribution in [3.05, 3.63) is 46.4 Å². The molecule has 2 aliphatic heterocycles. The SMILES string of the molecule is CCC1=CC2NC3=C(CCN(C(C)=O)C3)C2=CC1=COC. The molecule has 3 rings (SSSR count). The maximum Gasteiger partial charge on any atom is 0.219 e. The summed E-state index contributed by atoms with van der Waals surface area (Å²) in [5.41, 5.74) is 6.40. The molecule has 0 aromatic carbocycles. The zero-order chi connectivity index (χ0) is 15.0. The largest absolute Gasteiger partial charge is 0.504 e. The van der Waals surface area contributed by atoms with E-state index in [-0.39, 0.29) is 11.9 Å². The average Bonchev–Trinajstić information content (AvgIpc) is 2.83. The van der Waals surface area contributed by atoms with E-state index in [1.54, 1.807) is 14.0 Å². The Morgan fingerprint density at radius 1 is 1.57 bits per heavy atom. The number of carbonyl (C=O) groups excluding carboxylic acids is 1. The van der Waals surface area contributed by atoms with Gasteiger partial charge in [0.05, 0.1) is 26.0 Å². The zero-order valence-corrected chi connectivity index (χ0v) is 12.9. The molecule has 0 bridgehead atoms. The number of nitrogens with one attached hydrogen (secondary N) is 1. The number of nitrogens with zero attached hydrogens (tertiary/aromatic N) is 1. The molecule has 0 saturated heterocycles. The highest BCUT2D eigenvalue weighted by Gasteiger charge is 2.34. The van der Waals surface area contributed by atoms with Crippen LogP contribution in [-0.4, -0.2) is 37.0 Å². The Balaban J connectivity index is 1.92. The van der Waals surface area contributed by atoms with Crippen LogP contribution in [0.2, 0.25) is 0 Å². The third-order valence-corrected chi connectivity index (χ3v) is 4.48. The third kappa shape index (κ3) is 2.39. The van der Waals surface area contributed by atoms with Crippen LogP contribution in [0, 0.1) is 0 Å². The van der Waals surface area contributed by atoms with Gasteiger partial charge in [0.15, 0.2) is 0 Å². The molecule has 0 fully saturated rings. The minimum absolute atomic E-state index is 0.150. The summed E-state index contributed by atoms with van der Waals surface area (Å²) in [6, 6.07) is 0.255. The summed E-state index contributed by atoms with van der Waals surface area (Å²) < 4.78 is 5.21. The number of allylic oxidation sites excluding steroid dienone is 3. The second-order valence-electron chi connectivity index (χ2n) is 5.72. The number of ether oxygens (including phenoxy) is 1. The van der Waals surface area contributed by atoms with E-state index in [0.717, 1.165) is 25.0 Å². The van der Waals surface area contributed by atoms with Crippen LogP contribution >= 0.6 is 0 Å². The Morgan fingerprint density at radius 3 is 3.05 bits per heavy atom. The summed E-state index contributed by atoms with van der Waals surface area (Å²) in [6.45, 7) is 5.32. The van der Waals surface area contributed by atoms with Crippen LogP contribution in [0.25, 0.3) is 0 Å². The molecule has 4 heteroatoms. The lowest BCUT2D eigenvalue weighted by Gasteiger charge is -2.27. The Morgan fingerprint density at radius 2 is 2.38 bits per heavy atom. The summed E-state index contributed by atoms with van der Waals surface area (Å²) in [5, 5.41) is 3.58. The molecule has 0 aromatic rings. The standard InChI is InChI=1S/C17H22N2O2/c1-4-12-8-16-15(7-13(12)10-21-3)14-5-6-19(11(2)20)9-17(14)18-16/h7-8,10,16,18H,4-6,9H2,1-3H3. The first-order chi connectivity index (χ1) is 10.1. The van der Waals surface area contributed by atoms with Crippen LogP contribution in [0.3, 0.4) is 0 Å². The van der Waals surface area contributed by atoms with Crippen LogP contribution in [-0.2, 0) is 9.53 Å². The predicted molar refractivity (Wildman–Crippen MR) is 82.4 cm³/mol. The van der Waals surface area contributed by atoms with E-state index in [0.29, 0.717) is 6.54 Å². The highest BCUT2D eigenvalue weighted by atomic mass is 16.5. The molecule has 0 aromatic heterocycles. The van der Waals surface area contributed by atoms with E-state index in [4.69, 9.17) is 4.74 Å². The number of fused-ring (bicyclic) bond motifs is 2. The van der Waals surface area contributed by atoms with Crippen molar-refractivity contribution in [1.82, 2.24) is 10.2 Å². The molecular weight excluding hydrogens is 264 g/mol. The highest BCUT2D eigenvalue weighted by Crippen LogP contribution is 2.37. The van der Waals surface area contributed by atoms with Crippen LogP contribution in [0.5, 0.6) is 0 Å². The fourth-order valence-electron chi connectivity index (χ4n) is 3.36. The zero-order valence-electron chi connectivity index (χ0n) is 12.9. The van der Waals surface area contributed by atoms with E-state index in [1.807, 2.05) is 11.2 Å². The van der Waals surface area contributed by atoms with E-state index in [9.17, 15) is 4.79 Å². The van der Waals surface area contributed by atoms with Crippen molar-refractivity contribution in [2.24, 2.45) is 0 Å². The number of amides is 1. The molecule has 1 unspecified atom stereocenters. The number of rotatable bonds is 2. The lowest BCUT2D eigenvalue weighted by molar-refractivity contribution is -0.128. The summed E-state index contributed by atoms with van der Waals surface area (Å²) in [5.74, 6) is 0.150. The van der Waals surface area contributed by atoms with Gasteiger partial charge in [0.25, 0.3) is 0 Å². The van der Waals surface area contributed by atoms with Gasteiger partial charge in [-0.15, -0.1) is 0 Å². The molecule has 1 atom stereocenters. The first kappa shape index (κ1) is 14.0. The lowest BCUT2D eigenvalue weighted by atomic mass is 9.87. The van der Waals surface area contributed by atoms with E-state index < -0.39 is 0 Å². The Hall–Kier alpha value is -1.97. The molecule has 112 valence electrons. The van der Waals surface area contributed by atoms with E-state index in [2.05, 4.69) is 24.4 Å². The van der Waals surface area contributed by atoms with Crippen LogP contribution in [0.1, 0.15) is 26.7 Å². The minimum atomic E-state index is 0.150. The monoisotopic (exact) mass is 286 g/mol. The first-order valence-electron chi connectivity index (χ1n) is 7.54. The molecule has 1 aliphatic carbocycles. The maximum atomic E-state index is 11.6. The summed E-state index contributed by atoms with van der Waals surface area (Å²) in [4.78, 5) is 13.5. The Bertz CT molecular complexity index is 596. The maximum absolute atomic E-state index is 11.6. The van der Waals surface area contributed by atoms with Crippen molar-refractivity contribution < 1.29 is 9.53 Å². The fraction of sp³-hybridized carbons (Fsp3) is 0.471. The van der Waals surface area contributed by atoms with Gasteiger partial charge in [0.2, 0.25) is 5.91 Å². The second-order valence-corrected chi connectivity index (χ2v) is 5.72. The molecule has 4 nitrogen and oxygen atoms in total. The van der Waals surface area contributed by atoms with Gasteiger partial charge in [0, 0.05) is 24.7 Å². The lowest BCUT2D eigenvalue weighted by Crippen LogP contribution is -2.37. The molecule has 3 aliphatic rings. The summed E-state index contributed by atoms with van der Waals surface area (Å²) in [6.07, 6.45) is 8.27. The van der Waals surface area contributed by atoms with Crippen molar-refractivity contribution in [3.63, 3.8) is 0 Å². The van der Waals surface area contributed by atoms with Gasteiger partial charge in [-0.25, -0.2) is 0 Å². The molecule has 1 amide bonds. The molecule has 0 radical (unpaired) electrons. The average molecular weight is 286 g/mol. The number of hydrogen-bond donors (Lipinski definition) is 1. The van der Waals surface area contributed by atoms with Gasteiger partial charge in [-0.05, 0) is 35.6 Å². The molecule has 1 N–H and O–H groups in total. The van der Waals surface area contributed by atoms with Gasteiger partial charge in [-0.2, -0.15) is 0 Å². The van der Waals surface area contributed by atoms with Crippen molar-refractivity contribution in [2.75, 3.05) is 20.2 Å². The highest BCUT2D eigenvalue weighted by molar-refractivity contribution is 5.74. The molecule has 21 heavy (non-hydrogen) atoms. The summed E-state index contributed by atoms with van der Waals surface area (Å²) in [7, 11) is 1.69. The Kier molecular flexibility index (Phi) is 3.62. The Labute approximate surface area is 125 Å². The van der Waals surface area contributed by atoms with Crippen molar-refractivity contribution >= 4 is 5.91 Å². The van der Waals surface area contributed by atoms with Crippen LogP contribution in [0.15, 0.2) is 46.4 Å². The normalized spacial score (nSPS) is 26.0. The fourth-order valence-corrected chi connectivity index (χ4v) is 3.36. The summed E-state index contributed by atoms with van der Waals surface area (Å²) >= 11 is 0. The van der Waals surface area contributed by atoms with Gasteiger partial charge in [0.1, 0.15) is 0 Å². The predicted octanol–water partition coefficient (Wildman–Crippen LogP) is 2.27. The first-order valence-corrected chi connectivity index (χ1v) is 7.54. The molecule has 0 spiro atoms. The number of hydrogen-bond acceptors (Lipinski definition) is 3. The number of methoxy groups -OCH3 is 1.